The second-order valence-electron chi connectivity index (χ2n) is 4.01. The van der Waals surface area contributed by atoms with Crippen LogP contribution in [0.3, 0.4) is 0 Å². The first-order valence-electron chi connectivity index (χ1n) is 5.78. The van der Waals surface area contributed by atoms with Gasteiger partial charge in [0.15, 0.2) is 0 Å². The van der Waals surface area contributed by atoms with Gasteiger partial charge in [-0.2, -0.15) is 0 Å². The first-order valence-corrected chi connectivity index (χ1v) is 6.57. The predicted octanol–water partition coefficient (Wildman–Crippen LogP) is 2.12. The number of ether oxygens (including phenoxy) is 1. The first kappa shape index (κ1) is 15.7. The van der Waals surface area contributed by atoms with Crippen molar-refractivity contribution in [1.29, 1.82) is 0 Å². The fourth-order valence-corrected chi connectivity index (χ4v) is 1.85. The molecule has 104 valence electrons. The summed E-state index contributed by atoms with van der Waals surface area (Å²) in [7, 11) is 1.51. The summed E-state index contributed by atoms with van der Waals surface area (Å²) < 4.78 is 5.71. The summed E-state index contributed by atoms with van der Waals surface area (Å²) in [6, 6.07) is 6.66. The van der Waals surface area contributed by atoms with E-state index in [0.29, 0.717) is 6.61 Å². The van der Waals surface area contributed by atoms with Crippen LogP contribution in [0.5, 0.6) is 0 Å². The van der Waals surface area contributed by atoms with Gasteiger partial charge < -0.3 is 15.2 Å². The van der Waals surface area contributed by atoms with Crippen molar-refractivity contribution in [3.05, 3.63) is 34.3 Å². The monoisotopic (exact) mass is 329 g/mol. The number of nitrogens with one attached hydrogen (secondary N) is 1. The fraction of sp³-hybridized carbons (Fsp3) is 0.385. The molecule has 0 saturated carbocycles. The van der Waals surface area contributed by atoms with E-state index >= 15 is 0 Å². The Balaban J connectivity index is 2.74. The molecule has 1 amide bonds. The molecule has 0 spiro atoms. The fourth-order valence-electron chi connectivity index (χ4n) is 1.58. The molecule has 2 N–H and O–H groups in total. The highest BCUT2D eigenvalue weighted by Crippen LogP contribution is 2.19. The minimum atomic E-state index is -0.958. The molecule has 1 aromatic rings. The van der Waals surface area contributed by atoms with Gasteiger partial charge in [-0.25, -0.2) is 0 Å². The summed E-state index contributed by atoms with van der Waals surface area (Å²) in [6.45, 7) is 0.311. The van der Waals surface area contributed by atoms with Gasteiger partial charge in [-0.3, -0.25) is 9.59 Å². The number of rotatable bonds is 7. The maximum absolute atomic E-state index is 11.6. The normalized spacial score (nSPS) is 11.9. The molecule has 0 aromatic heterocycles. The number of amides is 1. The van der Waals surface area contributed by atoms with E-state index < -0.39 is 12.0 Å². The average Bonchev–Trinajstić information content (AvgIpc) is 2.36. The van der Waals surface area contributed by atoms with E-state index in [1.165, 1.54) is 7.11 Å². The molecule has 0 fully saturated rings. The minimum absolute atomic E-state index is 0.152. The number of halogens is 1. The molecule has 0 bridgehead atoms. The van der Waals surface area contributed by atoms with Crippen molar-refractivity contribution in [2.45, 2.75) is 18.9 Å². The van der Waals surface area contributed by atoms with Gasteiger partial charge in [-0.1, -0.05) is 28.1 Å². The summed E-state index contributed by atoms with van der Waals surface area (Å²) in [5.74, 6) is -1.18. The van der Waals surface area contributed by atoms with E-state index in [1.807, 2.05) is 12.1 Å². The molecule has 0 radical (unpaired) electrons. The van der Waals surface area contributed by atoms with Crippen LogP contribution >= 0.6 is 15.9 Å². The number of carboxylic acid groups (broad SMARTS) is 1. The lowest BCUT2D eigenvalue weighted by atomic mass is 10.0. The van der Waals surface area contributed by atoms with Crippen LogP contribution < -0.4 is 5.32 Å². The van der Waals surface area contributed by atoms with Crippen LogP contribution in [-0.2, 0) is 14.3 Å². The number of aliphatic carboxylic acids is 1. The van der Waals surface area contributed by atoms with Gasteiger partial charge in [-0.05, 0) is 17.7 Å². The smallest absolute Gasteiger partial charge is 0.305 e. The molecule has 5 nitrogen and oxygen atoms in total. The molecule has 19 heavy (non-hydrogen) atoms. The standard InChI is InChI=1S/C13H16BrNO4/c1-19-7-6-12(16)15-11(8-13(17)18)9-2-4-10(14)5-3-9/h2-5,11H,6-8H2,1H3,(H,15,16)(H,17,18). The molecule has 0 aliphatic heterocycles. The van der Waals surface area contributed by atoms with Crippen LogP contribution in [0.25, 0.3) is 0 Å². The highest BCUT2D eigenvalue weighted by atomic mass is 79.9. The molecule has 1 aromatic carbocycles. The highest BCUT2D eigenvalue weighted by molar-refractivity contribution is 9.10. The van der Waals surface area contributed by atoms with Crippen molar-refractivity contribution in [3.8, 4) is 0 Å². The Morgan fingerprint density at radius 2 is 2.00 bits per heavy atom. The molecule has 1 unspecified atom stereocenters. The lowest BCUT2D eigenvalue weighted by Crippen LogP contribution is -2.30. The zero-order chi connectivity index (χ0) is 14.3. The first-order chi connectivity index (χ1) is 9.02. The lowest BCUT2D eigenvalue weighted by molar-refractivity contribution is -0.137. The third-order valence-electron chi connectivity index (χ3n) is 2.52. The maximum atomic E-state index is 11.6. The van der Waals surface area contributed by atoms with Crippen molar-refractivity contribution in [3.63, 3.8) is 0 Å². The second kappa shape index (κ2) is 7.91. The quantitative estimate of drug-likeness (QED) is 0.803. The number of benzene rings is 1. The van der Waals surface area contributed by atoms with Crippen molar-refractivity contribution < 1.29 is 19.4 Å². The molecule has 0 saturated heterocycles. The van der Waals surface area contributed by atoms with Crippen molar-refractivity contribution in [2.24, 2.45) is 0 Å². The molecule has 0 heterocycles. The van der Waals surface area contributed by atoms with Crippen LogP contribution in [0.15, 0.2) is 28.7 Å². The van der Waals surface area contributed by atoms with Crippen molar-refractivity contribution in [1.82, 2.24) is 5.32 Å². The minimum Gasteiger partial charge on any atom is -0.481 e. The van der Waals surface area contributed by atoms with Gasteiger partial charge >= 0.3 is 5.97 Å². The zero-order valence-electron chi connectivity index (χ0n) is 10.6. The van der Waals surface area contributed by atoms with Crippen LogP contribution in [-0.4, -0.2) is 30.7 Å². The molecule has 0 aliphatic rings. The van der Waals surface area contributed by atoms with Gasteiger partial charge in [0.05, 0.1) is 19.1 Å². The van der Waals surface area contributed by atoms with Gasteiger partial charge in [0.2, 0.25) is 5.91 Å². The topological polar surface area (TPSA) is 75.6 Å². The summed E-state index contributed by atoms with van der Waals surface area (Å²) >= 11 is 3.31. The van der Waals surface area contributed by atoms with Crippen LogP contribution in [0.2, 0.25) is 0 Å². The Hall–Kier alpha value is -1.40. The zero-order valence-corrected chi connectivity index (χ0v) is 12.1. The molecule has 6 heteroatoms. The summed E-state index contributed by atoms with van der Waals surface area (Å²) in [6.07, 6.45) is 0.0590. The Morgan fingerprint density at radius 1 is 1.37 bits per heavy atom. The van der Waals surface area contributed by atoms with E-state index in [-0.39, 0.29) is 18.7 Å². The average molecular weight is 330 g/mol. The van der Waals surface area contributed by atoms with Crippen LogP contribution in [0.4, 0.5) is 0 Å². The largest absolute Gasteiger partial charge is 0.481 e. The highest BCUT2D eigenvalue weighted by Gasteiger charge is 2.17. The summed E-state index contributed by atoms with van der Waals surface area (Å²) in [5, 5.41) is 11.6. The number of carbonyl (C=O) groups is 2. The molecule has 0 aliphatic carbocycles. The van der Waals surface area contributed by atoms with Crippen LogP contribution in [0.1, 0.15) is 24.4 Å². The number of carboxylic acids is 1. The van der Waals surface area contributed by atoms with Crippen LogP contribution in [0, 0.1) is 0 Å². The Morgan fingerprint density at radius 3 is 2.53 bits per heavy atom. The number of hydrogen-bond acceptors (Lipinski definition) is 3. The van der Waals surface area contributed by atoms with Gasteiger partial charge in [-0.15, -0.1) is 0 Å². The van der Waals surface area contributed by atoms with E-state index in [9.17, 15) is 9.59 Å². The van der Waals surface area contributed by atoms with Gasteiger partial charge in [0, 0.05) is 18.0 Å². The Labute approximate surface area is 120 Å². The van der Waals surface area contributed by atoms with Crippen molar-refractivity contribution >= 4 is 27.8 Å². The second-order valence-corrected chi connectivity index (χ2v) is 4.93. The van der Waals surface area contributed by atoms with E-state index in [0.717, 1.165) is 10.0 Å². The maximum Gasteiger partial charge on any atom is 0.305 e. The predicted molar refractivity (Wildman–Crippen MR) is 73.8 cm³/mol. The number of hydrogen-bond donors (Lipinski definition) is 2. The summed E-state index contributed by atoms with van der Waals surface area (Å²) in [5.41, 5.74) is 0.761. The Bertz CT molecular complexity index is 433. The SMILES string of the molecule is COCCC(=O)NC(CC(=O)O)c1ccc(Br)cc1. The summed E-state index contributed by atoms with van der Waals surface area (Å²) in [4.78, 5) is 22.5. The Kier molecular flexibility index (Phi) is 6.52. The van der Waals surface area contributed by atoms with Gasteiger partial charge in [0.25, 0.3) is 0 Å². The molecular weight excluding hydrogens is 314 g/mol. The lowest BCUT2D eigenvalue weighted by Gasteiger charge is -2.17. The number of carbonyl (C=O) groups excluding carboxylic acids is 1. The van der Waals surface area contributed by atoms with E-state index in [2.05, 4.69) is 21.2 Å². The van der Waals surface area contributed by atoms with Gasteiger partial charge in [0.1, 0.15) is 0 Å². The van der Waals surface area contributed by atoms with Crippen molar-refractivity contribution in [2.75, 3.05) is 13.7 Å². The molecule has 1 atom stereocenters. The molecular formula is C13H16BrNO4. The number of methoxy groups -OCH3 is 1. The third-order valence-corrected chi connectivity index (χ3v) is 3.05. The van der Waals surface area contributed by atoms with E-state index in [4.69, 9.17) is 9.84 Å². The molecule has 1 rings (SSSR count). The van der Waals surface area contributed by atoms with E-state index in [1.54, 1.807) is 12.1 Å². The third kappa shape index (κ3) is 5.85.